The fraction of sp³-hybridized carbons (Fsp3) is 0.182. The number of carboxylic acids is 1. The molecule has 1 atom stereocenters. The normalized spacial score (nSPS) is 18.1. The van der Waals surface area contributed by atoms with E-state index in [1.54, 1.807) is 6.08 Å². The molecule has 0 spiro atoms. The lowest BCUT2D eigenvalue weighted by Crippen LogP contribution is -2.16. The monoisotopic (exact) mass is 210 g/mol. The van der Waals surface area contributed by atoms with Crippen LogP contribution in [0.4, 0.5) is 0 Å². The van der Waals surface area contributed by atoms with Crippen molar-refractivity contribution >= 4 is 24.5 Å². The fourth-order valence-corrected chi connectivity index (χ4v) is 1.58. The summed E-state index contributed by atoms with van der Waals surface area (Å²) in [5, 5.41) is 8.81. The molecule has 1 aromatic carbocycles. The van der Waals surface area contributed by atoms with Gasteiger partial charge < -0.3 is 5.11 Å². The summed E-state index contributed by atoms with van der Waals surface area (Å²) in [6.45, 7) is 0. The molecule has 1 N–H and O–H groups in total. The molecular formula is C11H11ClO2. The second-order valence-corrected chi connectivity index (χ2v) is 3.21. The quantitative estimate of drug-likeness (QED) is 0.773. The Morgan fingerprint density at radius 1 is 1.36 bits per heavy atom. The highest BCUT2D eigenvalue weighted by molar-refractivity contribution is 5.85. The van der Waals surface area contributed by atoms with Gasteiger partial charge in [0.05, 0.1) is 5.92 Å². The average Bonchev–Trinajstić information content (AvgIpc) is 2.17. The van der Waals surface area contributed by atoms with Gasteiger partial charge in [0.2, 0.25) is 0 Å². The van der Waals surface area contributed by atoms with Gasteiger partial charge in [0, 0.05) is 0 Å². The molecule has 3 heteroatoms. The van der Waals surface area contributed by atoms with E-state index in [4.69, 9.17) is 5.11 Å². The molecule has 0 aromatic heterocycles. The smallest absolute Gasteiger partial charge is 0.310 e. The van der Waals surface area contributed by atoms with Crippen LogP contribution in [0.1, 0.15) is 11.1 Å². The maximum absolute atomic E-state index is 10.7. The molecule has 0 aliphatic heterocycles. The lowest BCUT2D eigenvalue weighted by atomic mass is 9.90. The van der Waals surface area contributed by atoms with Crippen molar-refractivity contribution in [3.05, 3.63) is 41.5 Å². The van der Waals surface area contributed by atoms with Crippen LogP contribution in [0, 0.1) is 5.92 Å². The van der Waals surface area contributed by atoms with Crippen LogP contribution in [0.15, 0.2) is 30.3 Å². The zero-order valence-corrected chi connectivity index (χ0v) is 8.33. The van der Waals surface area contributed by atoms with Crippen molar-refractivity contribution in [1.29, 1.82) is 0 Å². The number of aliphatic carboxylic acids is 1. The van der Waals surface area contributed by atoms with E-state index in [1.807, 2.05) is 30.3 Å². The standard InChI is InChI=1S/C11H10O2.ClH/c12-11(13)10-6-5-8-3-1-2-4-9(8)7-10;/h1-6,10H,7H2,(H,12,13);1H. The Bertz CT molecular complexity index is 371. The summed E-state index contributed by atoms with van der Waals surface area (Å²) in [6, 6.07) is 7.89. The fourth-order valence-electron chi connectivity index (χ4n) is 1.58. The van der Waals surface area contributed by atoms with E-state index < -0.39 is 5.97 Å². The second-order valence-electron chi connectivity index (χ2n) is 3.21. The molecule has 0 amide bonds. The van der Waals surface area contributed by atoms with E-state index in [0.717, 1.165) is 11.1 Å². The van der Waals surface area contributed by atoms with Crippen LogP contribution in [0.3, 0.4) is 0 Å². The Labute approximate surface area is 88.7 Å². The minimum atomic E-state index is -0.745. The van der Waals surface area contributed by atoms with Crippen molar-refractivity contribution in [1.82, 2.24) is 0 Å². The van der Waals surface area contributed by atoms with Gasteiger partial charge in [0.25, 0.3) is 0 Å². The van der Waals surface area contributed by atoms with Crippen LogP contribution in [-0.2, 0) is 11.2 Å². The Balaban J connectivity index is 0.000000980. The SMILES string of the molecule is Cl.O=C(O)C1C=Cc2ccccc2C1. The number of rotatable bonds is 1. The Morgan fingerprint density at radius 3 is 2.79 bits per heavy atom. The number of benzene rings is 1. The number of carbonyl (C=O) groups is 1. The largest absolute Gasteiger partial charge is 0.481 e. The molecule has 0 fully saturated rings. The van der Waals surface area contributed by atoms with E-state index in [2.05, 4.69) is 0 Å². The van der Waals surface area contributed by atoms with Crippen LogP contribution < -0.4 is 0 Å². The number of halogens is 1. The van der Waals surface area contributed by atoms with Crippen molar-refractivity contribution in [3.8, 4) is 0 Å². The number of carboxylic acid groups (broad SMARTS) is 1. The topological polar surface area (TPSA) is 37.3 Å². The maximum Gasteiger partial charge on any atom is 0.310 e. The lowest BCUT2D eigenvalue weighted by Gasteiger charge is -2.15. The first-order valence-electron chi connectivity index (χ1n) is 4.26. The first kappa shape index (κ1) is 10.8. The van der Waals surface area contributed by atoms with Gasteiger partial charge >= 0.3 is 5.97 Å². The van der Waals surface area contributed by atoms with E-state index in [0.29, 0.717) is 6.42 Å². The summed E-state index contributed by atoms with van der Waals surface area (Å²) >= 11 is 0. The molecule has 14 heavy (non-hydrogen) atoms. The van der Waals surface area contributed by atoms with Gasteiger partial charge in [-0.3, -0.25) is 4.79 Å². The van der Waals surface area contributed by atoms with Crippen molar-refractivity contribution in [2.24, 2.45) is 5.92 Å². The lowest BCUT2D eigenvalue weighted by molar-refractivity contribution is -0.140. The second kappa shape index (κ2) is 4.29. The van der Waals surface area contributed by atoms with Crippen LogP contribution in [0.25, 0.3) is 6.08 Å². The van der Waals surface area contributed by atoms with Gasteiger partial charge in [-0.1, -0.05) is 36.4 Å². The predicted molar refractivity (Wildman–Crippen MR) is 57.6 cm³/mol. The van der Waals surface area contributed by atoms with E-state index >= 15 is 0 Å². The molecule has 74 valence electrons. The molecule has 0 saturated carbocycles. The minimum Gasteiger partial charge on any atom is -0.481 e. The highest BCUT2D eigenvalue weighted by Crippen LogP contribution is 2.22. The van der Waals surface area contributed by atoms with Crippen LogP contribution in [0.5, 0.6) is 0 Å². The van der Waals surface area contributed by atoms with Crippen molar-refractivity contribution in [2.45, 2.75) is 6.42 Å². The Morgan fingerprint density at radius 2 is 2.07 bits per heavy atom. The molecule has 0 saturated heterocycles. The van der Waals surface area contributed by atoms with E-state index in [1.165, 1.54) is 0 Å². The van der Waals surface area contributed by atoms with Gasteiger partial charge in [-0.05, 0) is 17.5 Å². The number of fused-ring (bicyclic) bond motifs is 1. The highest BCUT2D eigenvalue weighted by Gasteiger charge is 2.18. The minimum absolute atomic E-state index is 0. The van der Waals surface area contributed by atoms with Gasteiger partial charge in [0.1, 0.15) is 0 Å². The molecule has 1 unspecified atom stereocenters. The number of hydrogen-bond donors (Lipinski definition) is 1. The van der Waals surface area contributed by atoms with Crippen molar-refractivity contribution in [3.63, 3.8) is 0 Å². The third kappa shape index (κ3) is 1.96. The molecule has 1 aromatic rings. The van der Waals surface area contributed by atoms with Crippen molar-refractivity contribution < 1.29 is 9.90 Å². The summed E-state index contributed by atoms with van der Waals surface area (Å²) < 4.78 is 0. The van der Waals surface area contributed by atoms with Gasteiger partial charge in [-0.15, -0.1) is 12.4 Å². The molecule has 0 heterocycles. The predicted octanol–water partition coefficient (Wildman–Crippen LogP) is 2.38. The van der Waals surface area contributed by atoms with Crippen LogP contribution in [-0.4, -0.2) is 11.1 Å². The van der Waals surface area contributed by atoms with E-state index in [9.17, 15) is 4.79 Å². The summed E-state index contributed by atoms with van der Waals surface area (Å²) in [6.07, 6.45) is 4.25. The van der Waals surface area contributed by atoms with Gasteiger partial charge in [0.15, 0.2) is 0 Å². The third-order valence-electron chi connectivity index (χ3n) is 2.32. The first-order chi connectivity index (χ1) is 6.27. The summed E-state index contributed by atoms with van der Waals surface area (Å²) in [5.74, 6) is -1.10. The summed E-state index contributed by atoms with van der Waals surface area (Å²) in [7, 11) is 0. The highest BCUT2D eigenvalue weighted by atomic mass is 35.5. The summed E-state index contributed by atoms with van der Waals surface area (Å²) in [4.78, 5) is 10.7. The first-order valence-corrected chi connectivity index (χ1v) is 4.26. The number of hydrogen-bond acceptors (Lipinski definition) is 1. The van der Waals surface area contributed by atoms with Crippen LogP contribution >= 0.6 is 12.4 Å². The molecule has 2 nitrogen and oxygen atoms in total. The average molecular weight is 211 g/mol. The maximum atomic E-state index is 10.7. The zero-order chi connectivity index (χ0) is 9.26. The molecule has 1 aliphatic carbocycles. The van der Waals surface area contributed by atoms with Crippen molar-refractivity contribution in [2.75, 3.05) is 0 Å². The van der Waals surface area contributed by atoms with Crippen LogP contribution in [0.2, 0.25) is 0 Å². The molecule has 1 aliphatic rings. The van der Waals surface area contributed by atoms with Gasteiger partial charge in [-0.2, -0.15) is 0 Å². The molecule has 0 bridgehead atoms. The Kier molecular flexibility index (Phi) is 3.31. The third-order valence-corrected chi connectivity index (χ3v) is 2.32. The summed E-state index contributed by atoms with van der Waals surface area (Å²) in [5.41, 5.74) is 2.26. The molecular weight excluding hydrogens is 200 g/mol. The Hall–Kier alpha value is -1.28. The zero-order valence-electron chi connectivity index (χ0n) is 7.51. The molecule has 0 radical (unpaired) electrons. The molecule has 2 rings (SSSR count). The van der Waals surface area contributed by atoms with E-state index in [-0.39, 0.29) is 18.3 Å². The van der Waals surface area contributed by atoms with Gasteiger partial charge in [-0.25, -0.2) is 0 Å².